The van der Waals surface area contributed by atoms with Crippen molar-refractivity contribution in [3.63, 3.8) is 0 Å². The molecule has 1 unspecified atom stereocenters. The summed E-state index contributed by atoms with van der Waals surface area (Å²) in [6, 6.07) is 6.27. The molecule has 0 saturated heterocycles. The van der Waals surface area contributed by atoms with Gasteiger partial charge in [0.2, 0.25) is 0 Å². The molecule has 0 bridgehead atoms. The molecule has 1 heteroatoms. The minimum atomic E-state index is 0.105. The second kappa shape index (κ2) is 4.44. The molecule has 20 heavy (non-hydrogen) atoms. The van der Waals surface area contributed by atoms with Crippen molar-refractivity contribution in [2.75, 3.05) is 0 Å². The van der Waals surface area contributed by atoms with Gasteiger partial charge in [0.1, 0.15) is 6.29 Å². The highest BCUT2D eigenvalue weighted by Crippen LogP contribution is 2.59. The summed E-state index contributed by atoms with van der Waals surface area (Å²) >= 11 is 0. The number of hydrogen-bond acceptors (Lipinski definition) is 1. The van der Waals surface area contributed by atoms with Crippen LogP contribution in [0.25, 0.3) is 0 Å². The molecule has 0 aromatic heterocycles. The van der Waals surface area contributed by atoms with Gasteiger partial charge in [0.25, 0.3) is 0 Å². The number of carbonyl (C=O) groups is 1. The SMILES string of the molecule is CCC1(CC)C2=CC=CCC2(C)c2ccc(C=O)cc21. The van der Waals surface area contributed by atoms with Gasteiger partial charge < -0.3 is 0 Å². The molecular weight excluding hydrogens is 244 g/mol. The summed E-state index contributed by atoms with van der Waals surface area (Å²) in [5.41, 5.74) is 5.35. The lowest BCUT2D eigenvalue weighted by Crippen LogP contribution is -2.30. The van der Waals surface area contributed by atoms with Crippen LogP contribution in [0, 0.1) is 0 Å². The lowest BCUT2D eigenvalue weighted by atomic mass is 9.67. The molecule has 0 fully saturated rings. The predicted octanol–water partition coefficient (Wildman–Crippen LogP) is 4.71. The van der Waals surface area contributed by atoms with Gasteiger partial charge in [0, 0.05) is 16.4 Å². The fraction of sp³-hybridized carbons (Fsp3) is 0.421. The van der Waals surface area contributed by atoms with Crippen LogP contribution in [0.3, 0.4) is 0 Å². The van der Waals surface area contributed by atoms with Gasteiger partial charge in [0.15, 0.2) is 0 Å². The zero-order valence-electron chi connectivity index (χ0n) is 12.6. The number of aldehydes is 1. The molecule has 2 aliphatic carbocycles. The summed E-state index contributed by atoms with van der Waals surface area (Å²) in [5, 5.41) is 0. The van der Waals surface area contributed by atoms with Gasteiger partial charge >= 0.3 is 0 Å². The maximum Gasteiger partial charge on any atom is 0.150 e. The average molecular weight is 266 g/mol. The van der Waals surface area contributed by atoms with E-state index in [0.717, 1.165) is 31.1 Å². The van der Waals surface area contributed by atoms with Crippen LogP contribution in [0.5, 0.6) is 0 Å². The molecule has 0 aliphatic heterocycles. The Morgan fingerprint density at radius 3 is 2.60 bits per heavy atom. The Balaban J connectivity index is 2.34. The van der Waals surface area contributed by atoms with E-state index in [2.05, 4.69) is 51.1 Å². The summed E-state index contributed by atoms with van der Waals surface area (Å²) in [7, 11) is 0. The van der Waals surface area contributed by atoms with Crippen LogP contribution in [0.2, 0.25) is 0 Å². The first-order chi connectivity index (χ1) is 9.62. The number of allylic oxidation sites excluding steroid dienone is 4. The number of rotatable bonds is 3. The van der Waals surface area contributed by atoms with E-state index in [1.165, 1.54) is 16.7 Å². The smallest absolute Gasteiger partial charge is 0.150 e. The second-order valence-corrected chi connectivity index (χ2v) is 6.26. The molecule has 0 amide bonds. The first-order valence-corrected chi connectivity index (χ1v) is 7.60. The normalized spacial score (nSPS) is 25.9. The van der Waals surface area contributed by atoms with Crippen LogP contribution in [0.1, 0.15) is 61.5 Å². The number of benzene rings is 1. The van der Waals surface area contributed by atoms with Crippen LogP contribution >= 0.6 is 0 Å². The largest absolute Gasteiger partial charge is 0.298 e. The second-order valence-electron chi connectivity index (χ2n) is 6.26. The number of hydrogen-bond donors (Lipinski definition) is 0. The van der Waals surface area contributed by atoms with Gasteiger partial charge in [-0.05, 0) is 42.0 Å². The van der Waals surface area contributed by atoms with Gasteiger partial charge in [-0.15, -0.1) is 0 Å². The Kier molecular flexibility index (Phi) is 2.97. The highest BCUT2D eigenvalue weighted by molar-refractivity contribution is 5.77. The van der Waals surface area contributed by atoms with E-state index in [4.69, 9.17) is 0 Å². The van der Waals surface area contributed by atoms with Crippen molar-refractivity contribution in [1.82, 2.24) is 0 Å². The summed E-state index contributed by atoms with van der Waals surface area (Å²) in [6.07, 6.45) is 11.0. The van der Waals surface area contributed by atoms with Gasteiger partial charge in [-0.2, -0.15) is 0 Å². The van der Waals surface area contributed by atoms with Crippen LogP contribution in [0.15, 0.2) is 42.0 Å². The van der Waals surface area contributed by atoms with Crippen molar-refractivity contribution in [3.05, 3.63) is 58.7 Å². The number of fused-ring (bicyclic) bond motifs is 3. The molecule has 2 aliphatic rings. The van der Waals surface area contributed by atoms with Crippen LogP contribution in [-0.2, 0) is 10.8 Å². The predicted molar refractivity (Wildman–Crippen MR) is 83.3 cm³/mol. The van der Waals surface area contributed by atoms with Gasteiger partial charge in [-0.25, -0.2) is 0 Å². The van der Waals surface area contributed by atoms with E-state index in [0.29, 0.717) is 0 Å². The standard InChI is InChI=1S/C19H22O/c1-4-19(5-2)16-12-14(13-20)9-10-15(16)18(3)11-7-6-8-17(18)19/h6-10,12-13H,4-5,11H2,1-3H3. The zero-order valence-corrected chi connectivity index (χ0v) is 12.6. The summed E-state index contributed by atoms with van der Waals surface area (Å²) < 4.78 is 0. The van der Waals surface area contributed by atoms with Crippen molar-refractivity contribution >= 4 is 6.29 Å². The molecule has 1 nitrogen and oxygen atoms in total. The maximum atomic E-state index is 11.2. The molecule has 1 aromatic rings. The highest BCUT2D eigenvalue weighted by atomic mass is 16.1. The maximum absolute atomic E-state index is 11.2. The van der Waals surface area contributed by atoms with Crippen molar-refractivity contribution in [1.29, 1.82) is 0 Å². The first kappa shape index (κ1) is 13.4. The van der Waals surface area contributed by atoms with Crippen molar-refractivity contribution in [3.8, 4) is 0 Å². The lowest BCUT2D eigenvalue weighted by Gasteiger charge is -2.36. The fourth-order valence-corrected chi connectivity index (χ4v) is 4.37. The third-order valence-corrected chi connectivity index (χ3v) is 5.53. The highest BCUT2D eigenvalue weighted by Gasteiger charge is 2.51. The van der Waals surface area contributed by atoms with E-state index in [-0.39, 0.29) is 10.8 Å². The third-order valence-electron chi connectivity index (χ3n) is 5.53. The summed E-state index contributed by atoms with van der Waals surface area (Å²) in [6.45, 7) is 6.90. The summed E-state index contributed by atoms with van der Waals surface area (Å²) in [4.78, 5) is 11.2. The molecule has 3 rings (SSSR count). The Labute approximate surface area is 121 Å². The molecule has 0 saturated carbocycles. The molecule has 0 heterocycles. The Bertz CT molecular complexity index is 617. The van der Waals surface area contributed by atoms with Crippen molar-refractivity contribution in [2.24, 2.45) is 0 Å². The number of carbonyl (C=O) groups excluding carboxylic acids is 1. The lowest BCUT2D eigenvalue weighted by molar-refractivity contribution is 0.112. The van der Waals surface area contributed by atoms with Crippen LogP contribution in [-0.4, -0.2) is 6.29 Å². The molecular formula is C19H22O. The minimum absolute atomic E-state index is 0.105. The summed E-state index contributed by atoms with van der Waals surface area (Å²) in [5.74, 6) is 0. The van der Waals surface area contributed by atoms with Crippen molar-refractivity contribution < 1.29 is 4.79 Å². The fourth-order valence-electron chi connectivity index (χ4n) is 4.37. The van der Waals surface area contributed by atoms with E-state index >= 15 is 0 Å². The Morgan fingerprint density at radius 2 is 1.95 bits per heavy atom. The first-order valence-electron chi connectivity index (χ1n) is 7.60. The Hall–Kier alpha value is -1.63. The molecule has 1 atom stereocenters. The van der Waals surface area contributed by atoms with E-state index in [9.17, 15) is 4.79 Å². The van der Waals surface area contributed by atoms with E-state index in [1.54, 1.807) is 0 Å². The quantitative estimate of drug-likeness (QED) is 0.724. The van der Waals surface area contributed by atoms with Gasteiger partial charge in [-0.1, -0.05) is 51.1 Å². The van der Waals surface area contributed by atoms with Gasteiger partial charge in [-0.3, -0.25) is 4.79 Å². The van der Waals surface area contributed by atoms with Crippen molar-refractivity contribution in [2.45, 2.75) is 50.9 Å². The van der Waals surface area contributed by atoms with Crippen LogP contribution in [0.4, 0.5) is 0 Å². The topological polar surface area (TPSA) is 17.1 Å². The molecule has 104 valence electrons. The van der Waals surface area contributed by atoms with Gasteiger partial charge in [0.05, 0.1) is 0 Å². The average Bonchev–Trinajstić information content (AvgIpc) is 2.72. The molecule has 0 radical (unpaired) electrons. The van der Waals surface area contributed by atoms with E-state index < -0.39 is 0 Å². The molecule has 0 spiro atoms. The molecule has 0 N–H and O–H groups in total. The third kappa shape index (κ3) is 1.47. The zero-order chi connectivity index (χ0) is 14.4. The molecule has 1 aromatic carbocycles. The van der Waals surface area contributed by atoms with E-state index in [1.807, 2.05) is 6.07 Å². The monoisotopic (exact) mass is 266 g/mol. The Morgan fingerprint density at radius 1 is 1.20 bits per heavy atom. The minimum Gasteiger partial charge on any atom is -0.298 e. The van der Waals surface area contributed by atoms with Crippen LogP contribution < -0.4 is 0 Å².